The third-order valence-electron chi connectivity index (χ3n) is 4.17. The van der Waals surface area contributed by atoms with Gasteiger partial charge in [-0.3, -0.25) is 4.57 Å². The van der Waals surface area contributed by atoms with Crippen LogP contribution in [0.25, 0.3) is 11.6 Å². The summed E-state index contributed by atoms with van der Waals surface area (Å²) < 4.78 is 12.9. The summed E-state index contributed by atoms with van der Waals surface area (Å²) in [5, 5.41) is 13.6. The van der Waals surface area contributed by atoms with Crippen molar-refractivity contribution < 1.29 is 8.94 Å². The summed E-state index contributed by atoms with van der Waals surface area (Å²) in [6.07, 6.45) is 1.65. The molecule has 26 heavy (non-hydrogen) atoms. The van der Waals surface area contributed by atoms with Crippen molar-refractivity contribution in [3.63, 3.8) is 0 Å². The van der Waals surface area contributed by atoms with Gasteiger partial charge in [0.15, 0.2) is 10.9 Å². The number of furan rings is 1. The number of benzene rings is 1. The maximum Gasteiger partial charge on any atom is 0.200 e. The molecule has 0 fully saturated rings. The summed E-state index contributed by atoms with van der Waals surface area (Å²) in [6, 6.07) is 14.0. The highest BCUT2D eigenvalue weighted by molar-refractivity contribution is 7.98. The fourth-order valence-electron chi connectivity index (χ4n) is 2.74. The number of aryl methyl sites for hydroxylation is 2. The van der Waals surface area contributed by atoms with E-state index >= 15 is 0 Å². The quantitative estimate of drug-likeness (QED) is 0.469. The first-order chi connectivity index (χ1) is 12.7. The van der Waals surface area contributed by atoms with Crippen LogP contribution >= 0.6 is 11.8 Å². The molecule has 0 bridgehead atoms. The maximum absolute atomic E-state index is 5.54. The molecule has 0 amide bonds. The van der Waals surface area contributed by atoms with Gasteiger partial charge < -0.3 is 8.94 Å². The van der Waals surface area contributed by atoms with Crippen LogP contribution < -0.4 is 0 Å². The van der Waals surface area contributed by atoms with E-state index in [1.54, 1.807) is 18.0 Å². The first kappa shape index (κ1) is 16.7. The van der Waals surface area contributed by atoms with Crippen molar-refractivity contribution in [2.75, 3.05) is 0 Å². The Balaban J connectivity index is 1.65. The molecule has 6 nitrogen and oxygen atoms in total. The van der Waals surface area contributed by atoms with Gasteiger partial charge in [-0.05, 0) is 31.5 Å². The van der Waals surface area contributed by atoms with Gasteiger partial charge in [0.2, 0.25) is 5.82 Å². The first-order valence-corrected chi connectivity index (χ1v) is 9.26. The SMILES string of the molecule is Cc1noc(C)c1CSc1nnc(-c2ccco2)n1Cc1ccccc1. The highest BCUT2D eigenvalue weighted by Gasteiger charge is 2.18. The Bertz CT molecular complexity index is 971. The van der Waals surface area contributed by atoms with E-state index in [0.29, 0.717) is 12.3 Å². The van der Waals surface area contributed by atoms with Gasteiger partial charge in [-0.25, -0.2) is 0 Å². The Morgan fingerprint density at radius 1 is 1.04 bits per heavy atom. The molecule has 3 heterocycles. The first-order valence-electron chi connectivity index (χ1n) is 8.28. The Kier molecular flexibility index (Phi) is 4.62. The molecule has 0 saturated carbocycles. The van der Waals surface area contributed by atoms with E-state index in [0.717, 1.165) is 33.8 Å². The average Bonchev–Trinajstić information content (AvgIpc) is 3.37. The van der Waals surface area contributed by atoms with Gasteiger partial charge >= 0.3 is 0 Å². The van der Waals surface area contributed by atoms with Crippen LogP contribution in [0.2, 0.25) is 0 Å². The summed E-state index contributed by atoms with van der Waals surface area (Å²) in [6.45, 7) is 4.56. The van der Waals surface area contributed by atoms with Crippen molar-refractivity contribution in [3.8, 4) is 11.6 Å². The minimum Gasteiger partial charge on any atom is -0.461 e. The van der Waals surface area contributed by atoms with Crippen LogP contribution in [-0.2, 0) is 12.3 Å². The van der Waals surface area contributed by atoms with Crippen LogP contribution in [0.1, 0.15) is 22.6 Å². The summed E-state index contributed by atoms with van der Waals surface area (Å²) in [5.41, 5.74) is 3.19. The summed E-state index contributed by atoms with van der Waals surface area (Å²) in [5.74, 6) is 3.00. The van der Waals surface area contributed by atoms with Crippen molar-refractivity contribution in [1.29, 1.82) is 0 Å². The van der Waals surface area contributed by atoms with Crippen molar-refractivity contribution in [1.82, 2.24) is 19.9 Å². The predicted octanol–water partition coefficient (Wildman–Crippen LogP) is 4.48. The van der Waals surface area contributed by atoms with E-state index in [1.807, 2.05) is 44.2 Å². The van der Waals surface area contributed by atoms with Gasteiger partial charge in [0, 0.05) is 11.3 Å². The highest BCUT2D eigenvalue weighted by Crippen LogP contribution is 2.29. The second kappa shape index (κ2) is 7.21. The average molecular weight is 366 g/mol. The molecule has 0 aliphatic heterocycles. The molecule has 0 aliphatic carbocycles. The van der Waals surface area contributed by atoms with Gasteiger partial charge in [-0.2, -0.15) is 0 Å². The van der Waals surface area contributed by atoms with Gasteiger partial charge in [-0.1, -0.05) is 47.3 Å². The smallest absolute Gasteiger partial charge is 0.200 e. The Morgan fingerprint density at radius 3 is 2.58 bits per heavy atom. The number of rotatable bonds is 6. The lowest BCUT2D eigenvalue weighted by molar-refractivity contribution is 0.392. The van der Waals surface area contributed by atoms with Gasteiger partial charge in [0.05, 0.1) is 18.5 Å². The van der Waals surface area contributed by atoms with Crippen molar-refractivity contribution in [3.05, 3.63) is 71.3 Å². The van der Waals surface area contributed by atoms with E-state index in [1.165, 1.54) is 5.56 Å². The van der Waals surface area contributed by atoms with E-state index < -0.39 is 0 Å². The molecule has 0 radical (unpaired) electrons. The van der Waals surface area contributed by atoms with Crippen LogP contribution in [0.4, 0.5) is 0 Å². The largest absolute Gasteiger partial charge is 0.461 e. The van der Waals surface area contributed by atoms with Crippen LogP contribution in [0, 0.1) is 13.8 Å². The van der Waals surface area contributed by atoms with E-state index in [2.05, 4.69) is 32.1 Å². The molecule has 4 rings (SSSR count). The molecule has 7 heteroatoms. The molecular weight excluding hydrogens is 348 g/mol. The number of hydrogen-bond acceptors (Lipinski definition) is 6. The molecule has 3 aromatic heterocycles. The van der Waals surface area contributed by atoms with Gasteiger partial charge in [-0.15, -0.1) is 10.2 Å². The topological polar surface area (TPSA) is 69.9 Å². The highest BCUT2D eigenvalue weighted by atomic mass is 32.2. The number of thioether (sulfide) groups is 1. The molecule has 0 aliphatic rings. The summed E-state index contributed by atoms with van der Waals surface area (Å²) in [4.78, 5) is 0. The van der Waals surface area contributed by atoms with E-state index in [-0.39, 0.29) is 0 Å². The molecule has 0 saturated heterocycles. The Morgan fingerprint density at radius 2 is 1.88 bits per heavy atom. The molecule has 132 valence electrons. The summed E-state index contributed by atoms with van der Waals surface area (Å²) >= 11 is 1.62. The van der Waals surface area contributed by atoms with Gasteiger partial charge in [0.25, 0.3) is 0 Å². The molecule has 4 aromatic rings. The molecule has 0 N–H and O–H groups in total. The minimum atomic E-state index is 0.674. The molecule has 0 atom stereocenters. The zero-order chi connectivity index (χ0) is 17.9. The van der Waals surface area contributed by atoms with Crippen LogP contribution in [0.15, 0.2) is 62.8 Å². The third kappa shape index (κ3) is 3.30. The monoisotopic (exact) mass is 366 g/mol. The van der Waals surface area contributed by atoms with Crippen LogP contribution in [0.3, 0.4) is 0 Å². The zero-order valence-electron chi connectivity index (χ0n) is 14.5. The predicted molar refractivity (Wildman–Crippen MR) is 98.8 cm³/mol. The lowest BCUT2D eigenvalue weighted by Gasteiger charge is -2.09. The Hall–Kier alpha value is -2.80. The summed E-state index contributed by atoms with van der Waals surface area (Å²) in [7, 11) is 0. The normalized spacial score (nSPS) is 11.2. The van der Waals surface area contributed by atoms with Crippen LogP contribution in [-0.4, -0.2) is 19.9 Å². The maximum atomic E-state index is 5.54. The lowest BCUT2D eigenvalue weighted by atomic mass is 10.2. The molecular formula is C19H18N4O2S. The fourth-order valence-corrected chi connectivity index (χ4v) is 3.83. The molecule has 0 unspecified atom stereocenters. The van der Waals surface area contributed by atoms with Crippen molar-refractivity contribution in [2.45, 2.75) is 31.3 Å². The lowest BCUT2D eigenvalue weighted by Crippen LogP contribution is -2.04. The molecule has 0 spiro atoms. The van der Waals surface area contributed by atoms with Gasteiger partial charge in [0.1, 0.15) is 5.76 Å². The van der Waals surface area contributed by atoms with Crippen molar-refractivity contribution >= 4 is 11.8 Å². The zero-order valence-corrected chi connectivity index (χ0v) is 15.4. The van der Waals surface area contributed by atoms with Crippen molar-refractivity contribution in [2.24, 2.45) is 0 Å². The minimum absolute atomic E-state index is 0.674. The third-order valence-corrected chi connectivity index (χ3v) is 5.16. The second-order valence-corrected chi connectivity index (χ2v) is 6.89. The standard InChI is InChI=1S/C19H18N4O2S/c1-13-16(14(2)25-22-13)12-26-19-21-20-18(17-9-6-10-24-17)23(19)11-15-7-4-3-5-8-15/h3-10H,11-12H2,1-2H3. The second-order valence-electron chi connectivity index (χ2n) is 5.95. The van der Waals surface area contributed by atoms with Crippen LogP contribution in [0.5, 0.6) is 0 Å². The number of nitrogens with zero attached hydrogens (tertiary/aromatic N) is 4. The van der Waals surface area contributed by atoms with E-state index in [4.69, 9.17) is 8.94 Å². The fraction of sp³-hybridized carbons (Fsp3) is 0.211. The number of hydrogen-bond donors (Lipinski definition) is 0. The molecule has 1 aromatic carbocycles. The van der Waals surface area contributed by atoms with E-state index in [9.17, 15) is 0 Å². The number of aromatic nitrogens is 4. The Labute approximate surface area is 155 Å².